The molecule has 0 bridgehead atoms. The van der Waals surface area contributed by atoms with Gasteiger partial charge in [-0.25, -0.2) is 0 Å². The van der Waals surface area contributed by atoms with Crippen molar-refractivity contribution in [2.24, 2.45) is 0 Å². The highest BCUT2D eigenvalue weighted by Gasteiger charge is 2.00. The minimum Gasteiger partial charge on any atom is -0.396 e. The van der Waals surface area contributed by atoms with Crippen molar-refractivity contribution < 1.29 is 9.90 Å². The molecule has 0 aliphatic heterocycles. The molecular formula is C13H27NO2. The topological polar surface area (TPSA) is 40.5 Å². The summed E-state index contributed by atoms with van der Waals surface area (Å²) in [6, 6.07) is 0. The lowest BCUT2D eigenvalue weighted by Gasteiger charge is -2.13. The fraction of sp³-hybridized carbons (Fsp3) is 0.923. The Morgan fingerprint density at radius 3 is 1.81 bits per heavy atom. The molecule has 1 N–H and O–H groups in total. The molecule has 0 aliphatic carbocycles. The molecular weight excluding hydrogens is 202 g/mol. The molecule has 0 radical (unpaired) electrons. The summed E-state index contributed by atoms with van der Waals surface area (Å²) in [6.45, 7) is 2.83. The average molecular weight is 229 g/mol. The molecule has 0 heterocycles. The summed E-state index contributed by atoms with van der Waals surface area (Å²) in [5.74, 6) is 0.156. The van der Waals surface area contributed by atoms with Crippen molar-refractivity contribution >= 4 is 5.91 Å². The third kappa shape index (κ3) is 9.97. The van der Waals surface area contributed by atoms with Crippen LogP contribution in [0.2, 0.25) is 0 Å². The number of amides is 1. The predicted octanol–water partition coefficient (Wildman–Crippen LogP) is 2.58. The number of nitrogens with zero attached hydrogens (tertiary/aromatic N) is 1. The minimum absolute atomic E-state index is 0.156. The van der Waals surface area contributed by atoms with Crippen molar-refractivity contribution in [1.29, 1.82) is 0 Å². The average Bonchev–Trinajstić information content (AvgIpc) is 2.26. The number of carbonyl (C=O) groups excluding carboxylic acids is 1. The lowest BCUT2D eigenvalue weighted by atomic mass is 10.1. The second kappa shape index (κ2) is 10.9. The van der Waals surface area contributed by atoms with E-state index < -0.39 is 0 Å². The molecule has 0 atom stereocenters. The summed E-state index contributed by atoms with van der Waals surface area (Å²) >= 11 is 0. The highest BCUT2D eigenvalue weighted by atomic mass is 16.2. The van der Waals surface area contributed by atoms with Crippen molar-refractivity contribution in [1.82, 2.24) is 4.90 Å². The Hall–Kier alpha value is -0.570. The second-order valence-corrected chi connectivity index (χ2v) is 4.49. The van der Waals surface area contributed by atoms with Crippen LogP contribution in [-0.4, -0.2) is 36.1 Å². The zero-order valence-electron chi connectivity index (χ0n) is 10.9. The van der Waals surface area contributed by atoms with Gasteiger partial charge in [0.05, 0.1) is 0 Å². The zero-order chi connectivity index (χ0) is 12.2. The molecule has 96 valence electrons. The Kier molecular flexibility index (Phi) is 10.5. The Morgan fingerprint density at radius 2 is 1.38 bits per heavy atom. The van der Waals surface area contributed by atoms with Crippen molar-refractivity contribution in [3.8, 4) is 0 Å². The lowest BCUT2D eigenvalue weighted by Crippen LogP contribution is -2.24. The molecule has 0 aromatic rings. The third-order valence-electron chi connectivity index (χ3n) is 2.94. The normalized spacial score (nSPS) is 10.4. The van der Waals surface area contributed by atoms with E-state index in [1.807, 2.05) is 7.05 Å². The van der Waals surface area contributed by atoms with Crippen LogP contribution in [0.3, 0.4) is 0 Å². The van der Waals surface area contributed by atoms with E-state index in [2.05, 4.69) is 0 Å². The van der Waals surface area contributed by atoms with E-state index in [-0.39, 0.29) is 5.91 Å². The van der Waals surface area contributed by atoms with Crippen molar-refractivity contribution in [3.63, 3.8) is 0 Å². The standard InChI is InChI=1S/C13H27NO2/c1-13(16)14(2)11-9-7-5-3-4-6-8-10-12-15/h15H,3-12H2,1-2H3. The fourth-order valence-electron chi connectivity index (χ4n) is 1.68. The zero-order valence-corrected chi connectivity index (χ0v) is 10.9. The van der Waals surface area contributed by atoms with Gasteiger partial charge in [-0.15, -0.1) is 0 Å². The molecule has 0 rings (SSSR count). The maximum absolute atomic E-state index is 10.9. The van der Waals surface area contributed by atoms with Crippen LogP contribution < -0.4 is 0 Å². The minimum atomic E-state index is 0.156. The molecule has 0 spiro atoms. The van der Waals surface area contributed by atoms with Gasteiger partial charge in [-0.05, 0) is 12.8 Å². The van der Waals surface area contributed by atoms with Gasteiger partial charge in [0, 0.05) is 27.1 Å². The molecule has 0 unspecified atom stereocenters. The molecule has 1 amide bonds. The summed E-state index contributed by atoms with van der Waals surface area (Å²) in [7, 11) is 1.86. The van der Waals surface area contributed by atoms with E-state index in [1.165, 1.54) is 32.1 Å². The van der Waals surface area contributed by atoms with Gasteiger partial charge in [0.15, 0.2) is 0 Å². The summed E-state index contributed by atoms with van der Waals surface area (Å²) < 4.78 is 0. The molecule has 3 nitrogen and oxygen atoms in total. The third-order valence-corrected chi connectivity index (χ3v) is 2.94. The van der Waals surface area contributed by atoms with Crippen molar-refractivity contribution in [2.75, 3.05) is 20.2 Å². The molecule has 0 saturated heterocycles. The van der Waals surface area contributed by atoms with Gasteiger partial charge in [-0.3, -0.25) is 4.79 Å². The Labute approximate surface area is 99.8 Å². The summed E-state index contributed by atoms with van der Waals surface area (Å²) in [4.78, 5) is 12.7. The second-order valence-electron chi connectivity index (χ2n) is 4.49. The number of unbranched alkanes of at least 4 members (excludes halogenated alkanes) is 7. The van der Waals surface area contributed by atoms with Crippen molar-refractivity contribution in [2.45, 2.75) is 58.3 Å². The smallest absolute Gasteiger partial charge is 0.219 e. The molecule has 0 aliphatic rings. The Balaban J connectivity index is 3.07. The Bertz CT molecular complexity index is 171. The first-order valence-electron chi connectivity index (χ1n) is 6.51. The molecule has 3 heteroatoms. The van der Waals surface area contributed by atoms with E-state index in [9.17, 15) is 4.79 Å². The summed E-state index contributed by atoms with van der Waals surface area (Å²) in [6.07, 6.45) is 9.52. The van der Waals surface area contributed by atoms with Crippen LogP contribution in [0.4, 0.5) is 0 Å². The first-order valence-corrected chi connectivity index (χ1v) is 6.51. The van der Waals surface area contributed by atoms with Gasteiger partial charge in [0.25, 0.3) is 0 Å². The first kappa shape index (κ1) is 15.4. The Morgan fingerprint density at radius 1 is 0.938 bits per heavy atom. The molecule has 0 fully saturated rings. The first-order chi connectivity index (χ1) is 7.68. The lowest BCUT2D eigenvalue weighted by molar-refractivity contribution is -0.127. The highest BCUT2D eigenvalue weighted by Crippen LogP contribution is 2.08. The van der Waals surface area contributed by atoms with Gasteiger partial charge in [0.1, 0.15) is 0 Å². The number of carbonyl (C=O) groups is 1. The fourth-order valence-corrected chi connectivity index (χ4v) is 1.68. The van der Waals surface area contributed by atoms with Gasteiger partial charge < -0.3 is 10.0 Å². The number of hydrogen-bond acceptors (Lipinski definition) is 2. The molecule has 0 aromatic heterocycles. The van der Waals surface area contributed by atoms with E-state index >= 15 is 0 Å². The van der Waals surface area contributed by atoms with Gasteiger partial charge in [0.2, 0.25) is 5.91 Å². The number of aliphatic hydroxyl groups is 1. The van der Waals surface area contributed by atoms with Crippen molar-refractivity contribution in [3.05, 3.63) is 0 Å². The van der Waals surface area contributed by atoms with Crippen LogP contribution in [0.5, 0.6) is 0 Å². The van der Waals surface area contributed by atoms with Crippen LogP contribution in [-0.2, 0) is 4.79 Å². The van der Waals surface area contributed by atoms with Gasteiger partial charge in [-0.2, -0.15) is 0 Å². The summed E-state index contributed by atoms with van der Waals surface area (Å²) in [5, 5.41) is 8.60. The van der Waals surface area contributed by atoms with Gasteiger partial charge >= 0.3 is 0 Å². The monoisotopic (exact) mass is 229 g/mol. The van der Waals surface area contributed by atoms with E-state index in [1.54, 1.807) is 11.8 Å². The SMILES string of the molecule is CC(=O)N(C)CCCCCCCCCCO. The van der Waals surface area contributed by atoms with E-state index in [4.69, 9.17) is 5.11 Å². The molecule has 16 heavy (non-hydrogen) atoms. The number of rotatable bonds is 10. The molecule has 0 saturated carbocycles. The quantitative estimate of drug-likeness (QED) is 0.585. The maximum Gasteiger partial charge on any atom is 0.219 e. The highest BCUT2D eigenvalue weighted by molar-refractivity contribution is 5.72. The van der Waals surface area contributed by atoms with Crippen LogP contribution in [0.15, 0.2) is 0 Å². The van der Waals surface area contributed by atoms with E-state index in [0.717, 1.165) is 25.8 Å². The van der Waals surface area contributed by atoms with Crippen LogP contribution in [0, 0.1) is 0 Å². The summed E-state index contributed by atoms with van der Waals surface area (Å²) in [5.41, 5.74) is 0. The number of hydrogen-bond donors (Lipinski definition) is 1. The van der Waals surface area contributed by atoms with Crippen LogP contribution >= 0.6 is 0 Å². The maximum atomic E-state index is 10.9. The van der Waals surface area contributed by atoms with Gasteiger partial charge in [-0.1, -0.05) is 38.5 Å². The van der Waals surface area contributed by atoms with E-state index in [0.29, 0.717) is 6.61 Å². The predicted molar refractivity (Wildman–Crippen MR) is 67.3 cm³/mol. The molecule has 0 aromatic carbocycles. The largest absolute Gasteiger partial charge is 0.396 e. The van der Waals surface area contributed by atoms with Crippen LogP contribution in [0.25, 0.3) is 0 Å². The number of aliphatic hydroxyl groups excluding tert-OH is 1. The van der Waals surface area contributed by atoms with Crippen LogP contribution in [0.1, 0.15) is 58.3 Å².